The van der Waals surface area contributed by atoms with Crippen LogP contribution in [0.1, 0.15) is 21.5 Å². The van der Waals surface area contributed by atoms with E-state index in [-0.39, 0.29) is 5.56 Å². The molecule has 0 spiro atoms. The highest BCUT2D eigenvalue weighted by Gasteiger charge is 2.35. The van der Waals surface area contributed by atoms with Gasteiger partial charge in [0.25, 0.3) is 0 Å². The molecule has 0 saturated heterocycles. The molecule has 1 rings (SSSR count). The summed E-state index contributed by atoms with van der Waals surface area (Å²) in [5.74, 6) is -1.67. The second-order valence-corrected chi connectivity index (χ2v) is 2.85. The molecule has 7 heteroatoms. The van der Waals surface area contributed by atoms with Gasteiger partial charge in [-0.3, -0.25) is 0 Å². The first-order valence-corrected chi connectivity index (χ1v) is 3.98. The van der Waals surface area contributed by atoms with Gasteiger partial charge in [-0.1, -0.05) is 11.2 Å². The minimum atomic E-state index is -4.77. The third-order valence-corrected chi connectivity index (χ3v) is 1.79. The minimum Gasteiger partial charge on any atom is -0.478 e. The van der Waals surface area contributed by atoms with Crippen molar-refractivity contribution in [2.75, 3.05) is 0 Å². The van der Waals surface area contributed by atoms with Gasteiger partial charge >= 0.3 is 12.1 Å². The lowest BCUT2D eigenvalue weighted by Gasteiger charge is -2.10. The van der Waals surface area contributed by atoms with Gasteiger partial charge in [-0.05, 0) is 17.7 Å². The van der Waals surface area contributed by atoms with Crippen molar-refractivity contribution in [1.82, 2.24) is 0 Å². The first-order valence-electron chi connectivity index (χ1n) is 3.98. The fraction of sp³-hybridized carbons (Fsp3) is 0.111. The van der Waals surface area contributed by atoms with Gasteiger partial charge in [-0.2, -0.15) is 13.2 Å². The van der Waals surface area contributed by atoms with Crippen LogP contribution in [0.2, 0.25) is 0 Å². The fourth-order valence-electron chi connectivity index (χ4n) is 1.13. The molecular formula is C9H6F3NO3. The second kappa shape index (κ2) is 4.21. The number of oxime groups is 1. The molecule has 0 fully saturated rings. The number of hydrogen-bond donors (Lipinski definition) is 2. The van der Waals surface area contributed by atoms with Crippen molar-refractivity contribution in [3.63, 3.8) is 0 Å². The molecule has 0 bridgehead atoms. The lowest BCUT2D eigenvalue weighted by molar-refractivity contribution is -0.138. The smallest absolute Gasteiger partial charge is 0.417 e. The number of benzene rings is 1. The van der Waals surface area contributed by atoms with Gasteiger partial charge in [0.15, 0.2) is 0 Å². The van der Waals surface area contributed by atoms with Crippen LogP contribution in [0.5, 0.6) is 0 Å². The Morgan fingerprint density at radius 1 is 1.38 bits per heavy atom. The van der Waals surface area contributed by atoms with E-state index in [2.05, 4.69) is 5.16 Å². The van der Waals surface area contributed by atoms with Crippen molar-refractivity contribution in [2.24, 2.45) is 5.16 Å². The molecule has 0 saturated carbocycles. The standard InChI is InChI=1S/C9H6F3NO3/c10-9(11,12)7-3-5(4-13-16)1-2-6(7)8(14)15/h1-4,16H,(H,14,15). The summed E-state index contributed by atoms with van der Waals surface area (Å²) in [6.45, 7) is 0. The van der Waals surface area contributed by atoms with Crippen LogP contribution in [0.4, 0.5) is 13.2 Å². The number of hydrogen-bond acceptors (Lipinski definition) is 3. The molecule has 0 amide bonds. The van der Waals surface area contributed by atoms with Crippen LogP contribution < -0.4 is 0 Å². The van der Waals surface area contributed by atoms with E-state index in [0.29, 0.717) is 6.07 Å². The summed E-state index contributed by atoms with van der Waals surface area (Å²) in [6, 6.07) is 2.52. The molecule has 0 aliphatic rings. The molecule has 0 radical (unpaired) electrons. The van der Waals surface area contributed by atoms with E-state index in [0.717, 1.165) is 18.3 Å². The highest BCUT2D eigenvalue weighted by molar-refractivity contribution is 5.91. The molecular weight excluding hydrogens is 227 g/mol. The molecule has 2 N–H and O–H groups in total. The van der Waals surface area contributed by atoms with Crippen LogP contribution in [0, 0.1) is 0 Å². The van der Waals surface area contributed by atoms with Gasteiger partial charge in [0.2, 0.25) is 0 Å². The van der Waals surface area contributed by atoms with E-state index in [1.807, 2.05) is 0 Å². The largest absolute Gasteiger partial charge is 0.478 e. The Morgan fingerprint density at radius 2 is 2.00 bits per heavy atom. The predicted molar refractivity (Wildman–Crippen MR) is 47.8 cm³/mol. The summed E-state index contributed by atoms with van der Waals surface area (Å²) in [4.78, 5) is 10.6. The Kier molecular flexibility index (Phi) is 3.17. The lowest BCUT2D eigenvalue weighted by atomic mass is 10.0. The van der Waals surface area contributed by atoms with Gasteiger partial charge in [0.05, 0.1) is 17.3 Å². The normalized spacial score (nSPS) is 11.9. The Labute approximate surface area is 87.6 Å². The molecule has 0 unspecified atom stereocenters. The number of aromatic carboxylic acids is 1. The zero-order valence-electron chi connectivity index (χ0n) is 7.69. The fourth-order valence-corrected chi connectivity index (χ4v) is 1.13. The van der Waals surface area contributed by atoms with Crippen molar-refractivity contribution in [1.29, 1.82) is 0 Å². The number of halogens is 3. The first-order chi connectivity index (χ1) is 7.36. The third-order valence-electron chi connectivity index (χ3n) is 1.79. The maximum atomic E-state index is 12.5. The van der Waals surface area contributed by atoms with E-state index < -0.39 is 23.3 Å². The Bertz CT molecular complexity index is 440. The van der Waals surface area contributed by atoms with Crippen molar-refractivity contribution in [3.8, 4) is 0 Å². The van der Waals surface area contributed by atoms with E-state index in [1.54, 1.807) is 0 Å². The number of carboxylic acids is 1. The van der Waals surface area contributed by atoms with Gasteiger partial charge in [0, 0.05) is 0 Å². The molecule has 0 aliphatic carbocycles. The average molecular weight is 233 g/mol. The second-order valence-electron chi connectivity index (χ2n) is 2.85. The summed E-state index contributed by atoms with van der Waals surface area (Å²) in [5, 5.41) is 19.3. The number of nitrogens with zero attached hydrogens (tertiary/aromatic N) is 1. The zero-order chi connectivity index (χ0) is 12.3. The van der Waals surface area contributed by atoms with Gasteiger partial charge in [0.1, 0.15) is 0 Å². The molecule has 1 aromatic carbocycles. The van der Waals surface area contributed by atoms with Crippen LogP contribution in [0.25, 0.3) is 0 Å². The van der Waals surface area contributed by atoms with Crippen LogP contribution in [-0.2, 0) is 6.18 Å². The van der Waals surface area contributed by atoms with Gasteiger partial charge < -0.3 is 10.3 Å². The van der Waals surface area contributed by atoms with E-state index in [9.17, 15) is 18.0 Å². The molecule has 16 heavy (non-hydrogen) atoms. The SMILES string of the molecule is O=C(O)c1ccc(C=NO)cc1C(F)(F)F. The first kappa shape index (κ1) is 12.0. The maximum absolute atomic E-state index is 12.5. The number of alkyl halides is 3. The number of carboxylic acid groups (broad SMARTS) is 1. The molecule has 0 aliphatic heterocycles. The third kappa shape index (κ3) is 2.50. The maximum Gasteiger partial charge on any atom is 0.417 e. The number of carbonyl (C=O) groups is 1. The average Bonchev–Trinajstić information content (AvgIpc) is 2.16. The molecule has 4 nitrogen and oxygen atoms in total. The minimum absolute atomic E-state index is 0.0418. The zero-order valence-corrected chi connectivity index (χ0v) is 7.69. The highest BCUT2D eigenvalue weighted by Crippen LogP contribution is 2.32. The van der Waals surface area contributed by atoms with E-state index >= 15 is 0 Å². The Balaban J connectivity index is 3.38. The van der Waals surface area contributed by atoms with Crippen LogP contribution in [0.3, 0.4) is 0 Å². The Morgan fingerprint density at radius 3 is 2.44 bits per heavy atom. The van der Waals surface area contributed by atoms with Crippen molar-refractivity contribution in [2.45, 2.75) is 6.18 Å². The van der Waals surface area contributed by atoms with Gasteiger partial charge in [-0.15, -0.1) is 0 Å². The summed E-state index contributed by atoms with van der Waals surface area (Å²) >= 11 is 0. The predicted octanol–water partition coefficient (Wildman–Crippen LogP) is 2.21. The van der Waals surface area contributed by atoms with Crippen molar-refractivity contribution < 1.29 is 28.3 Å². The molecule has 0 heterocycles. The molecule has 0 aromatic heterocycles. The van der Waals surface area contributed by atoms with Crippen molar-refractivity contribution in [3.05, 3.63) is 34.9 Å². The summed E-state index contributed by atoms with van der Waals surface area (Å²) in [6.07, 6.45) is -3.99. The topological polar surface area (TPSA) is 69.9 Å². The van der Waals surface area contributed by atoms with Crippen molar-refractivity contribution >= 4 is 12.2 Å². The monoisotopic (exact) mass is 233 g/mol. The summed E-state index contributed by atoms with van der Waals surface area (Å²) in [7, 11) is 0. The molecule has 1 aromatic rings. The summed E-state index contributed by atoms with van der Waals surface area (Å²) < 4.78 is 37.4. The van der Waals surface area contributed by atoms with Crippen LogP contribution >= 0.6 is 0 Å². The quantitative estimate of drug-likeness (QED) is 0.467. The lowest BCUT2D eigenvalue weighted by Crippen LogP contribution is -2.13. The van der Waals surface area contributed by atoms with E-state index in [4.69, 9.17) is 10.3 Å². The highest BCUT2D eigenvalue weighted by atomic mass is 19.4. The summed E-state index contributed by atoms with van der Waals surface area (Å²) in [5.41, 5.74) is -2.17. The Hall–Kier alpha value is -2.05. The molecule has 0 atom stereocenters. The van der Waals surface area contributed by atoms with Gasteiger partial charge in [-0.25, -0.2) is 4.79 Å². The van der Waals surface area contributed by atoms with Crippen LogP contribution in [-0.4, -0.2) is 22.5 Å². The van der Waals surface area contributed by atoms with Crippen LogP contribution in [0.15, 0.2) is 23.4 Å². The van der Waals surface area contributed by atoms with E-state index in [1.165, 1.54) is 0 Å². The molecule has 86 valence electrons. The number of rotatable bonds is 2.